The summed E-state index contributed by atoms with van der Waals surface area (Å²) < 4.78 is 8.19. The smallest absolute Gasteiger partial charge is 0.195 e. The van der Waals surface area contributed by atoms with Gasteiger partial charge in [0.1, 0.15) is 11.4 Å². The summed E-state index contributed by atoms with van der Waals surface area (Å²) in [4.78, 5) is 12.9. The van der Waals surface area contributed by atoms with Gasteiger partial charge in [-0.25, -0.2) is 0 Å². The molecular weight excluding hydrogens is 328 g/mol. The van der Waals surface area contributed by atoms with Crippen LogP contribution in [0.25, 0.3) is 20.2 Å². The maximum absolute atomic E-state index is 12.9. The minimum absolute atomic E-state index is 0.0849. The van der Waals surface area contributed by atoms with E-state index in [0.29, 0.717) is 0 Å². The highest BCUT2D eigenvalue weighted by Crippen LogP contribution is 2.31. The molecule has 0 atom stereocenters. The van der Waals surface area contributed by atoms with Gasteiger partial charge in [-0.3, -0.25) is 4.79 Å². The summed E-state index contributed by atoms with van der Waals surface area (Å²) in [5, 5.41) is 1.53. The van der Waals surface area contributed by atoms with E-state index in [0.717, 1.165) is 31.5 Å². The predicted octanol–water partition coefficient (Wildman–Crippen LogP) is 5.73. The van der Waals surface area contributed by atoms with Crippen LogP contribution in [-0.4, -0.2) is 0 Å². The number of hydrogen-bond acceptors (Lipinski definition) is 3. The first-order chi connectivity index (χ1) is 12.0. The maximum atomic E-state index is 12.9. The van der Waals surface area contributed by atoms with E-state index in [1.54, 1.807) is 11.3 Å². The van der Waals surface area contributed by atoms with Crippen molar-refractivity contribution in [2.45, 2.75) is 19.4 Å². The number of ether oxygens (including phenoxy) is 1. The van der Waals surface area contributed by atoms with E-state index < -0.39 is 5.60 Å². The average Bonchev–Trinajstić information content (AvgIpc) is 2.62. The van der Waals surface area contributed by atoms with Gasteiger partial charge in [0.2, 0.25) is 0 Å². The molecule has 3 aromatic carbocycles. The SMILES string of the molecule is CC(C)(Oc1ccccc1)c1ccc2sc3ccccc3c(=O)c2c1. The molecule has 0 bridgehead atoms. The molecule has 4 rings (SSSR count). The fraction of sp³-hybridized carbons (Fsp3) is 0.136. The Kier molecular flexibility index (Phi) is 3.81. The monoisotopic (exact) mass is 346 g/mol. The van der Waals surface area contributed by atoms with E-state index in [-0.39, 0.29) is 5.43 Å². The standard InChI is InChI=1S/C22H18O2S/c1-22(2,24-16-8-4-3-5-9-16)15-12-13-20-18(14-15)21(23)17-10-6-7-11-19(17)25-20/h3-14H,1-2H3. The highest BCUT2D eigenvalue weighted by atomic mass is 32.1. The number of para-hydroxylation sites is 1. The number of fused-ring (bicyclic) bond motifs is 2. The lowest BCUT2D eigenvalue weighted by atomic mass is 9.96. The van der Waals surface area contributed by atoms with Crippen molar-refractivity contribution in [3.8, 4) is 5.75 Å². The summed E-state index contributed by atoms with van der Waals surface area (Å²) in [6.07, 6.45) is 0. The Labute approximate surface area is 150 Å². The van der Waals surface area contributed by atoms with Crippen LogP contribution in [0.1, 0.15) is 19.4 Å². The van der Waals surface area contributed by atoms with Crippen LogP contribution in [0.4, 0.5) is 0 Å². The van der Waals surface area contributed by atoms with Gasteiger partial charge in [0.25, 0.3) is 0 Å². The summed E-state index contributed by atoms with van der Waals surface area (Å²) in [7, 11) is 0. The van der Waals surface area contributed by atoms with Crippen LogP contribution in [0.2, 0.25) is 0 Å². The van der Waals surface area contributed by atoms with Crippen molar-refractivity contribution in [2.75, 3.05) is 0 Å². The summed E-state index contributed by atoms with van der Waals surface area (Å²) in [6, 6.07) is 23.6. The first-order valence-electron chi connectivity index (χ1n) is 8.25. The lowest BCUT2D eigenvalue weighted by Crippen LogP contribution is -2.25. The van der Waals surface area contributed by atoms with Gasteiger partial charge in [-0.15, -0.1) is 11.3 Å². The molecule has 0 aliphatic rings. The molecule has 0 spiro atoms. The molecule has 1 heterocycles. The summed E-state index contributed by atoms with van der Waals surface area (Å²) >= 11 is 1.65. The van der Waals surface area contributed by atoms with E-state index in [1.165, 1.54) is 0 Å². The predicted molar refractivity (Wildman–Crippen MR) is 106 cm³/mol. The van der Waals surface area contributed by atoms with Gasteiger partial charge >= 0.3 is 0 Å². The summed E-state index contributed by atoms with van der Waals surface area (Å²) in [5.74, 6) is 0.816. The molecule has 0 fully saturated rings. The average molecular weight is 346 g/mol. The van der Waals surface area contributed by atoms with Crippen LogP contribution in [0.5, 0.6) is 5.75 Å². The highest BCUT2D eigenvalue weighted by Gasteiger charge is 2.23. The van der Waals surface area contributed by atoms with Crippen LogP contribution >= 0.6 is 11.3 Å². The van der Waals surface area contributed by atoms with Gasteiger partial charge < -0.3 is 4.74 Å². The van der Waals surface area contributed by atoms with Crippen molar-refractivity contribution in [3.63, 3.8) is 0 Å². The van der Waals surface area contributed by atoms with E-state index in [2.05, 4.69) is 6.07 Å². The zero-order chi connectivity index (χ0) is 17.4. The minimum Gasteiger partial charge on any atom is -0.483 e. The van der Waals surface area contributed by atoms with Crippen LogP contribution < -0.4 is 10.2 Å². The topological polar surface area (TPSA) is 26.3 Å². The van der Waals surface area contributed by atoms with Crippen molar-refractivity contribution >= 4 is 31.5 Å². The molecule has 2 nitrogen and oxygen atoms in total. The maximum Gasteiger partial charge on any atom is 0.195 e. The lowest BCUT2D eigenvalue weighted by Gasteiger charge is -2.27. The van der Waals surface area contributed by atoms with Gasteiger partial charge in [-0.05, 0) is 55.8 Å². The van der Waals surface area contributed by atoms with Crippen LogP contribution in [-0.2, 0) is 5.60 Å². The van der Waals surface area contributed by atoms with Crippen LogP contribution in [0.15, 0.2) is 77.6 Å². The fourth-order valence-electron chi connectivity index (χ4n) is 3.02. The first kappa shape index (κ1) is 15.9. The molecule has 1 aromatic heterocycles. The molecule has 0 radical (unpaired) electrons. The fourth-order valence-corrected chi connectivity index (χ4v) is 4.07. The second-order valence-electron chi connectivity index (χ2n) is 6.56. The molecule has 0 aliphatic carbocycles. The Balaban J connectivity index is 1.84. The minimum atomic E-state index is -0.529. The third-order valence-corrected chi connectivity index (χ3v) is 5.54. The van der Waals surface area contributed by atoms with Crippen molar-refractivity contribution in [1.29, 1.82) is 0 Å². The molecule has 0 saturated carbocycles. The van der Waals surface area contributed by atoms with Crippen molar-refractivity contribution < 1.29 is 4.74 Å². The molecule has 0 N–H and O–H groups in total. The Bertz CT molecular complexity index is 1110. The highest BCUT2D eigenvalue weighted by molar-refractivity contribution is 7.24. The van der Waals surface area contributed by atoms with Crippen molar-refractivity contribution in [2.24, 2.45) is 0 Å². The van der Waals surface area contributed by atoms with Gasteiger partial charge in [0, 0.05) is 20.2 Å². The normalized spacial score (nSPS) is 11.8. The van der Waals surface area contributed by atoms with Crippen LogP contribution in [0, 0.1) is 0 Å². The van der Waals surface area contributed by atoms with Gasteiger partial charge in [-0.2, -0.15) is 0 Å². The van der Waals surface area contributed by atoms with E-state index >= 15 is 0 Å². The molecule has 4 aromatic rings. The zero-order valence-corrected chi connectivity index (χ0v) is 15.0. The van der Waals surface area contributed by atoms with Gasteiger partial charge in [0.15, 0.2) is 5.43 Å². The summed E-state index contributed by atoms with van der Waals surface area (Å²) in [5.41, 5.74) is 0.545. The largest absolute Gasteiger partial charge is 0.483 e. The molecule has 0 saturated heterocycles. The Morgan fingerprint density at radius 1 is 0.800 bits per heavy atom. The molecule has 0 unspecified atom stereocenters. The molecule has 3 heteroatoms. The third-order valence-electron chi connectivity index (χ3n) is 4.39. The first-order valence-corrected chi connectivity index (χ1v) is 9.06. The Morgan fingerprint density at radius 3 is 2.28 bits per heavy atom. The Morgan fingerprint density at radius 2 is 1.48 bits per heavy atom. The number of rotatable bonds is 3. The molecule has 0 aliphatic heterocycles. The van der Waals surface area contributed by atoms with Gasteiger partial charge in [0.05, 0.1) is 0 Å². The third kappa shape index (κ3) is 2.92. The lowest BCUT2D eigenvalue weighted by molar-refractivity contribution is 0.109. The second-order valence-corrected chi connectivity index (χ2v) is 7.65. The molecule has 124 valence electrons. The van der Waals surface area contributed by atoms with Gasteiger partial charge in [-0.1, -0.05) is 36.4 Å². The molecular formula is C22H18O2S. The number of hydrogen-bond donors (Lipinski definition) is 0. The van der Waals surface area contributed by atoms with Crippen molar-refractivity contribution in [3.05, 3.63) is 88.6 Å². The molecule has 25 heavy (non-hydrogen) atoms. The van der Waals surface area contributed by atoms with E-state index in [9.17, 15) is 4.79 Å². The van der Waals surface area contributed by atoms with E-state index in [4.69, 9.17) is 4.74 Å². The quantitative estimate of drug-likeness (QED) is 0.443. The summed E-state index contributed by atoms with van der Waals surface area (Å²) in [6.45, 7) is 4.05. The van der Waals surface area contributed by atoms with Crippen LogP contribution in [0.3, 0.4) is 0 Å². The second kappa shape index (κ2) is 6.01. The van der Waals surface area contributed by atoms with Crippen molar-refractivity contribution in [1.82, 2.24) is 0 Å². The van der Waals surface area contributed by atoms with E-state index in [1.807, 2.05) is 80.6 Å². The zero-order valence-electron chi connectivity index (χ0n) is 14.2. The molecule has 0 amide bonds. The number of benzene rings is 3. The Hall–Kier alpha value is -2.65.